The Morgan fingerprint density at radius 1 is 0.789 bits per heavy atom. The number of rotatable bonds is 7. The van der Waals surface area contributed by atoms with Crippen LogP contribution in [0.5, 0.6) is 11.5 Å². The van der Waals surface area contributed by atoms with E-state index < -0.39 is 6.04 Å². The summed E-state index contributed by atoms with van der Waals surface area (Å²) in [7, 11) is 0. The first-order chi connectivity index (χ1) is 18.6. The zero-order valence-electron chi connectivity index (χ0n) is 20.8. The summed E-state index contributed by atoms with van der Waals surface area (Å²) in [5.74, 6) is 1.23. The van der Waals surface area contributed by atoms with Crippen molar-refractivity contribution < 1.29 is 19.1 Å². The average Bonchev–Trinajstić information content (AvgIpc) is 3.73. The van der Waals surface area contributed by atoms with Crippen molar-refractivity contribution in [2.45, 2.75) is 18.9 Å². The van der Waals surface area contributed by atoms with E-state index in [9.17, 15) is 14.4 Å². The predicted molar refractivity (Wildman–Crippen MR) is 142 cm³/mol. The molecule has 0 radical (unpaired) electrons. The summed E-state index contributed by atoms with van der Waals surface area (Å²) in [4.78, 5) is 42.6. The highest BCUT2D eigenvalue weighted by Crippen LogP contribution is 2.65. The standard InChI is InChI=1S/C32H28N2O4/c35-30(33-20-11-13-22(14-12-20)38-21-9-5-2-6-10-21)27(17-19-7-3-1-4-8-19)34-31(36)28-23-15-16-24(26-18-25(23)26)29(28)32(34)37/h1-16,23-29H,17-18H2,(H,33,35)/t23-,24-,25-,26+,27-,28+,29-/m1/s1. The van der Waals surface area contributed by atoms with E-state index in [1.54, 1.807) is 24.3 Å². The van der Waals surface area contributed by atoms with Crippen molar-refractivity contribution in [1.82, 2.24) is 4.90 Å². The maximum Gasteiger partial charge on any atom is 0.248 e. The van der Waals surface area contributed by atoms with Crippen molar-refractivity contribution in [3.05, 3.63) is 103 Å². The van der Waals surface area contributed by atoms with E-state index in [0.717, 1.165) is 17.7 Å². The third-order valence-electron chi connectivity index (χ3n) is 8.68. The fourth-order valence-electron chi connectivity index (χ4n) is 6.88. The van der Waals surface area contributed by atoms with Gasteiger partial charge in [-0.25, -0.2) is 0 Å². The van der Waals surface area contributed by atoms with E-state index in [1.165, 1.54) is 4.90 Å². The highest BCUT2D eigenvalue weighted by Gasteiger charge is 2.67. The highest BCUT2D eigenvalue weighted by atomic mass is 16.5. The van der Waals surface area contributed by atoms with Gasteiger partial charge < -0.3 is 10.1 Å². The number of ether oxygens (including phenoxy) is 1. The maximum atomic E-state index is 13.8. The molecule has 0 spiro atoms. The number of allylic oxidation sites excluding steroid dienone is 2. The Labute approximate surface area is 221 Å². The number of nitrogens with zero attached hydrogens (tertiary/aromatic N) is 1. The van der Waals surface area contributed by atoms with E-state index in [2.05, 4.69) is 17.5 Å². The molecule has 1 saturated heterocycles. The Morgan fingerprint density at radius 3 is 1.95 bits per heavy atom. The van der Waals surface area contributed by atoms with Crippen LogP contribution in [0.1, 0.15) is 12.0 Å². The molecule has 190 valence electrons. The summed E-state index contributed by atoms with van der Waals surface area (Å²) in [6.45, 7) is 0. The number of carbonyl (C=O) groups excluding carboxylic acids is 3. The highest BCUT2D eigenvalue weighted by molar-refractivity contribution is 6.10. The molecule has 2 bridgehead atoms. The van der Waals surface area contributed by atoms with E-state index >= 15 is 0 Å². The quantitative estimate of drug-likeness (QED) is 0.360. The molecule has 6 nitrogen and oxygen atoms in total. The number of anilines is 1. The minimum absolute atomic E-state index is 0.119. The molecule has 1 aliphatic heterocycles. The van der Waals surface area contributed by atoms with Crippen LogP contribution in [0.15, 0.2) is 97.1 Å². The normalized spacial score (nSPS) is 29.0. The van der Waals surface area contributed by atoms with Gasteiger partial charge in [0.1, 0.15) is 17.5 Å². The van der Waals surface area contributed by atoms with Gasteiger partial charge in [0.2, 0.25) is 17.7 Å². The third kappa shape index (κ3) is 3.83. The molecule has 0 aromatic heterocycles. The molecule has 3 fully saturated rings. The maximum absolute atomic E-state index is 13.8. The molecule has 4 aliphatic carbocycles. The number of nitrogens with one attached hydrogen (secondary N) is 1. The number of hydrogen-bond donors (Lipinski definition) is 1. The van der Waals surface area contributed by atoms with Gasteiger partial charge in [0.05, 0.1) is 11.8 Å². The van der Waals surface area contributed by atoms with Gasteiger partial charge in [-0.15, -0.1) is 0 Å². The van der Waals surface area contributed by atoms with Crippen LogP contribution in [0.2, 0.25) is 0 Å². The Balaban J connectivity index is 1.14. The first-order valence-corrected chi connectivity index (χ1v) is 13.3. The zero-order chi connectivity index (χ0) is 25.8. The summed E-state index contributed by atoms with van der Waals surface area (Å²) in [5, 5.41) is 2.95. The summed E-state index contributed by atoms with van der Waals surface area (Å²) in [6.07, 6.45) is 5.68. The second-order valence-electron chi connectivity index (χ2n) is 10.8. The average molecular weight is 505 g/mol. The van der Waals surface area contributed by atoms with Gasteiger partial charge in [-0.05, 0) is 72.1 Å². The second-order valence-corrected chi connectivity index (χ2v) is 10.8. The summed E-state index contributed by atoms with van der Waals surface area (Å²) in [6, 6.07) is 25.2. The van der Waals surface area contributed by atoms with Gasteiger partial charge in [0.15, 0.2) is 0 Å². The lowest BCUT2D eigenvalue weighted by Crippen LogP contribution is -2.49. The first-order valence-electron chi connectivity index (χ1n) is 13.3. The Kier molecular flexibility index (Phi) is 5.43. The van der Waals surface area contributed by atoms with Crippen LogP contribution in [-0.4, -0.2) is 28.7 Å². The van der Waals surface area contributed by atoms with Crippen molar-refractivity contribution in [3.8, 4) is 11.5 Å². The Morgan fingerprint density at radius 2 is 1.34 bits per heavy atom. The van der Waals surface area contributed by atoms with Crippen LogP contribution in [0, 0.1) is 35.5 Å². The molecule has 6 heteroatoms. The SMILES string of the molecule is O=C(Nc1ccc(Oc2ccccc2)cc1)[C@@H](Cc1ccccc1)N1C(=O)[C@@H]2[C@@H]3C=C[C@H]([C@H]4C[C@@H]34)[C@@H]2C1=O. The number of imide groups is 1. The molecule has 3 aromatic rings. The van der Waals surface area contributed by atoms with E-state index in [1.807, 2.05) is 60.7 Å². The third-order valence-corrected chi connectivity index (χ3v) is 8.68. The number of hydrogen-bond acceptors (Lipinski definition) is 4. The first kappa shape index (κ1) is 23.0. The molecule has 8 rings (SSSR count). The van der Waals surface area contributed by atoms with Crippen molar-refractivity contribution in [3.63, 3.8) is 0 Å². The summed E-state index contributed by atoms with van der Waals surface area (Å²) < 4.78 is 5.85. The van der Waals surface area contributed by atoms with Gasteiger partial charge in [0, 0.05) is 12.1 Å². The van der Waals surface area contributed by atoms with Gasteiger partial charge in [-0.1, -0.05) is 60.7 Å². The van der Waals surface area contributed by atoms with Gasteiger partial charge >= 0.3 is 0 Å². The molecule has 7 atom stereocenters. The topological polar surface area (TPSA) is 75.7 Å². The molecular formula is C32H28N2O4. The van der Waals surface area contributed by atoms with Crippen molar-refractivity contribution in [1.29, 1.82) is 0 Å². The van der Waals surface area contributed by atoms with Crippen molar-refractivity contribution >= 4 is 23.4 Å². The van der Waals surface area contributed by atoms with Crippen LogP contribution < -0.4 is 10.1 Å². The molecule has 1 N–H and O–H groups in total. The zero-order valence-corrected chi connectivity index (χ0v) is 20.8. The van der Waals surface area contributed by atoms with Gasteiger partial charge in [0.25, 0.3) is 0 Å². The Bertz CT molecular complexity index is 1380. The molecule has 3 amide bonds. The number of para-hydroxylation sites is 1. The fourth-order valence-corrected chi connectivity index (χ4v) is 6.88. The van der Waals surface area contributed by atoms with Crippen LogP contribution in [0.25, 0.3) is 0 Å². The van der Waals surface area contributed by atoms with Crippen LogP contribution in [-0.2, 0) is 20.8 Å². The monoisotopic (exact) mass is 504 g/mol. The van der Waals surface area contributed by atoms with Gasteiger partial charge in [-0.3, -0.25) is 19.3 Å². The van der Waals surface area contributed by atoms with E-state index in [-0.39, 0.29) is 47.8 Å². The lowest BCUT2D eigenvalue weighted by molar-refractivity contribution is -0.146. The molecule has 5 aliphatic rings. The summed E-state index contributed by atoms with van der Waals surface area (Å²) >= 11 is 0. The molecule has 0 unspecified atom stereocenters. The molecule has 3 aromatic carbocycles. The van der Waals surface area contributed by atoms with Crippen molar-refractivity contribution in [2.24, 2.45) is 35.5 Å². The molecule has 1 heterocycles. The number of amides is 3. The smallest absolute Gasteiger partial charge is 0.248 e. The van der Waals surface area contributed by atoms with E-state index in [0.29, 0.717) is 23.3 Å². The summed E-state index contributed by atoms with van der Waals surface area (Å²) in [5.41, 5.74) is 1.48. The van der Waals surface area contributed by atoms with Gasteiger partial charge in [-0.2, -0.15) is 0 Å². The molecule has 2 saturated carbocycles. The van der Waals surface area contributed by atoms with Crippen LogP contribution in [0.3, 0.4) is 0 Å². The number of likely N-dealkylation sites (tertiary alicyclic amines) is 1. The lowest BCUT2D eigenvalue weighted by atomic mass is 9.63. The predicted octanol–water partition coefficient (Wildman–Crippen LogP) is 5.08. The largest absolute Gasteiger partial charge is 0.457 e. The lowest BCUT2D eigenvalue weighted by Gasteiger charge is -2.37. The minimum Gasteiger partial charge on any atom is -0.457 e. The second kappa shape index (κ2) is 8.98. The van der Waals surface area contributed by atoms with Crippen LogP contribution >= 0.6 is 0 Å². The minimum atomic E-state index is -0.918. The van der Waals surface area contributed by atoms with E-state index in [4.69, 9.17) is 4.74 Å². The number of carbonyl (C=O) groups is 3. The van der Waals surface area contributed by atoms with Crippen LogP contribution in [0.4, 0.5) is 5.69 Å². The van der Waals surface area contributed by atoms with Crippen molar-refractivity contribution in [2.75, 3.05) is 5.32 Å². The molecular weight excluding hydrogens is 476 g/mol. The molecule has 38 heavy (non-hydrogen) atoms. The number of benzene rings is 3. The fraction of sp³-hybridized carbons (Fsp3) is 0.281. The Hall–Kier alpha value is -4.19.